The molecule has 0 bridgehead atoms. The number of methoxy groups -OCH3 is 2. The first-order chi connectivity index (χ1) is 21.6. The molecule has 2 aromatic carbocycles. The van der Waals surface area contributed by atoms with Crippen molar-refractivity contribution in [2.75, 3.05) is 27.4 Å². The number of aryl methyl sites for hydroxylation is 1. The third-order valence-electron chi connectivity index (χ3n) is 6.30. The number of rotatable bonds is 13. The summed E-state index contributed by atoms with van der Waals surface area (Å²) in [6.07, 6.45) is 1.96. The van der Waals surface area contributed by atoms with Crippen molar-refractivity contribution in [1.29, 1.82) is 0 Å². The highest BCUT2D eigenvalue weighted by Crippen LogP contribution is 2.35. The molecule has 0 saturated heterocycles. The lowest BCUT2D eigenvalue weighted by Gasteiger charge is -2.12. The minimum Gasteiger partial charge on any atom is -0.493 e. The summed E-state index contributed by atoms with van der Waals surface area (Å²) in [6.45, 7) is 5.61. The molecule has 0 atom stereocenters. The second kappa shape index (κ2) is 14.5. The molecule has 0 aliphatic heterocycles. The summed E-state index contributed by atoms with van der Waals surface area (Å²) in [4.78, 5) is 21.9. The number of amides is 1. The van der Waals surface area contributed by atoms with Crippen molar-refractivity contribution < 1.29 is 41.7 Å². The first-order valence-corrected chi connectivity index (χ1v) is 13.8. The molecule has 0 spiro atoms. The maximum absolute atomic E-state index is 13.2. The highest BCUT2D eigenvalue weighted by Gasteiger charge is 2.31. The number of nitrogens with one attached hydrogen (secondary N) is 1. The Morgan fingerprint density at radius 2 is 1.80 bits per heavy atom. The summed E-state index contributed by atoms with van der Waals surface area (Å²) in [6, 6.07) is 9.13. The minimum atomic E-state index is -4.81. The molecule has 0 aliphatic rings. The Kier molecular flexibility index (Phi) is 10.5. The van der Waals surface area contributed by atoms with Gasteiger partial charge in [-0.25, -0.2) is 9.67 Å². The highest BCUT2D eigenvalue weighted by atomic mass is 19.4. The van der Waals surface area contributed by atoms with Gasteiger partial charge in [-0.05, 0) is 62.7 Å². The number of aromatic nitrogens is 3. The number of allylic oxidation sites excluding steroid dienone is 1. The smallest absolute Gasteiger partial charge is 0.493 e. The minimum absolute atomic E-state index is 0.0265. The van der Waals surface area contributed by atoms with Crippen molar-refractivity contribution in [3.63, 3.8) is 0 Å². The Labute approximate surface area is 257 Å². The second-order valence-corrected chi connectivity index (χ2v) is 9.33. The summed E-state index contributed by atoms with van der Waals surface area (Å²) in [7, 11) is 3.11. The number of carbonyl (C=O) groups excluding carboxylic acids is 1. The normalized spacial score (nSPS) is 12.0. The Morgan fingerprint density at radius 1 is 1.04 bits per heavy atom. The number of ether oxygens (including phenoxy) is 5. The number of hydrogen-bond acceptors (Lipinski definition) is 9. The second-order valence-electron chi connectivity index (χ2n) is 9.33. The van der Waals surface area contributed by atoms with Crippen LogP contribution in [0.5, 0.6) is 28.7 Å². The number of fused-ring (bicyclic) bond motifs is 1. The zero-order valence-corrected chi connectivity index (χ0v) is 25.3. The van der Waals surface area contributed by atoms with Crippen molar-refractivity contribution in [3.05, 3.63) is 71.9 Å². The van der Waals surface area contributed by atoms with Gasteiger partial charge < -0.3 is 29.0 Å². The molecule has 1 N–H and O–H groups in total. The zero-order valence-electron chi connectivity index (χ0n) is 25.3. The van der Waals surface area contributed by atoms with E-state index >= 15 is 0 Å². The van der Waals surface area contributed by atoms with E-state index in [1.165, 1.54) is 29.1 Å². The van der Waals surface area contributed by atoms with Crippen LogP contribution in [0.1, 0.15) is 36.3 Å². The monoisotopic (exact) mass is 627 g/mol. The Balaban J connectivity index is 1.41. The van der Waals surface area contributed by atoms with Crippen LogP contribution < -0.4 is 29.0 Å². The first kappa shape index (κ1) is 32.6. The van der Waals surface area contributed by atoms with Crippen molar-refractivity contribution in [2.45, 2.75) is 33.6 Å². The molecular formula is C31H32F3N5O6. The molecule has 0 saturated carbocycles. The number of halogens is 3. The van der Waals surface area contributed by atoms with E-state index in [0.29, 0.717) is 47.0 Å². The lowest BCUT2D eigenvalue weighted by molar-refractivity contribution is -0.274. The molecule has 2 heterocycles. The average molecular weight is 628 g/mol. The van der Waals surface area contributed by atoms with Crippen LogP contribution in [0, 0.1) is 6.92 Å². The number of alkyl halides is 3. The van der Waals surface area contributed by atoms with E-state index in [4.69, 9.17) is 18.9 Å². The highest BCUT2D eigenvalue weighted by molar-refractivity contribution is 5.96. The predicted molar refractivity (Wildman–Crippen MR) is 161 cm³/mol. The van der Waals surface area contributed by atoms with Crippen LogP contribution >= 0.6 is 0 Å². The largest absolute Gasteiger partial charge is 0.573 e. The van der Waals surface area contributed by atoms with E-state index in [2.05, 4.69) is 25.1 Å². The molecule has 4 aromatic rings. The lowest BCUT2D eigenvalue weighted by Crippen LogP contribution is -2.23. The predicted octanol–water partition coefficient (Wildman–Crippen LogP) is 6.17. The fraction of sp³-hybridized carbons (Fsp3) is 0.290. The van der Waals surface area contributed by atoms with E-state index in [9.17, 15) is 18.0 Å². The quantitative estimate of drug-likeness (QED) is 0.138. The number of hydrogen-bond donors (Lipinski definition) is 1. The Hall–Kier alpha value is -5.27. The van der Waals surface area contributed by atoms with Crippen LogP contribution in [0.2, 0.25) is 0 Å². The van der Waals surface area contributed by atoms with Crippen LogP contribution in [0.25, 0.3) is 16.6 Å². The van der Waals surface area contributed by atoms with E-state index in [1.807, 2.05) is 0 Å². The molecule has 0 radical (unpaired) electrons. The zero-order chi connectivity index (χ0) is 32.6. The molecule has 2 aromatic heterocycles. The summed E-state index contributed by atoms with van der Waals surface area (Å²) in [5, 5.41) is 7.80. The molecule has 4 rings (SSSR count). The fourth-order valence-electron chi connectivity index (χ4n) is 4.29. The summed E-state index contributed by atoms with van der Waals surface area (Å²) in [5.74, 6) is 1.25. The van der Waals surface area contributed by atoms with Gasteiger partial charge in [0.05, 0.1) is 44.8 Å². The topological polar surface area (TPSA) is 118 Å². The number of pyridine rings is 1. The number of aliphatic imine (C=N–C) groups is 1. The maximum atomic E-state index is 13.2. The van der Waals surface area contributed by atoms with Gasteiger partial charge in [-0.2, -0.15) is 5.10 Å². The molecule has 45 heavy (non-hydrogen) atoms. The van der Waals surface area contributed by atoms with Crippen molar-refractivity contribution >= 4 is 23.0 Å². The van der Waals surface area contributed by atoms with Crippen LogP contribution in [-0.4, -0.2) is 60.7 Å². The Bertz CT molecular complexity index is 1720. The van der Waals surface area contributed by atoms with Crippen LogP contribution in [0.15, 0.2) is 65.7 Å². The van der Waals surface area contributed by atoms with Crippen molar-refractivity contribution in [2.24, 2.45) is 4.99 Å². The Morgan fingerprint density at radius 3 is 2.47 bits per heavy atom. The molecule has 1 amide bonds. The van der Waals surface area contributed by atoms with Crippen molar-refractivity contribution in [3.8, 4) is 34.4 Å². The van der Waals surface area contributed by atoms with Gasteiger partial charge in [-0.1, -0.05) is 0 Å². The van der Waals surface area contributed by atoms with Gasteiger partial charge in [-0.3, -0.25) is 9.78 Å². The summed E-state index contributed by atoms with van der Waals surface area (Å²) < 4.78 is 65.5. The van der Waals surface area contributed by atoms with Gasteiger partial charge in [0.1, 0.15) is 17.3 Å². The molecule has 238 valence electrons. The van der Waals surface area contributed by atoms with E-state index < -0.39 is 12.3 Å². The van der Waals surface area contributed by atoms with Gasteiger partial charge in [-0.15, -0.1) is 13.2 Å². The molecule has 0 unspecified atom stereocenters. The standard InChI is InChI=1S/C31H32F3N5O6/c1-6-28(36-12-8-14-44-24-11-13-35-22-17-26(42-5)25(41-4)16-21(22)24)37-30(40)29-27(43-7-2)18-39(38-29)23-10-9-20(15-19(23)3)45-31(32,33)34/h6,9-13,15-18H,7-8,14H2,1-5H3,(H,37,40)/b28-6+,36-12?. The molecule has 14 heteroatoms. The van der Waals surface area contributed by atoms with Crippen LogP contribution in [-0.2, 0) is 0 Å². The molecular weight excluding hydrogens is 595 g/mol. The van der Waals surface area contributed by atoms with E-state index in [1.54, 1.807) is 71.7 Å². The summed E-state index contributed by atoms with van der Waals surface area (Å²) >= 11 is 0. The molecule has 0 fully saturated rings. The third kappa shape index (κ3) is 8.22. The summed E-state index contributed by atoms with van der Waals surface area (Å²) in [5.41, 5.74) is 1.54. The van der Waals surface area contributed by atoms with Gasteiger partial charge in [0.25, 0.3) is 5.91 Å². The lowest BCUT2D eigenvalue weighted by atomic mass is 10.2. The van der Waals surface area contributed by atoms with E-state index in [-0.39, 0.29) is 29.6 Å². The van der Waals surface area contributed by atoms with Gasteiger partial charge >= 0.3 is 6.36 Å². The fourth-order valence-corrected chi connectivity index (χ4v) is 4.29. The third-order valence-corrected chi connectivity index (χ3v) is 6.30. The SMILES string of the molecule is C/C=C(\N=CCCOc1ccnc2cc(OC)c(OC)cc12)NC(=O)c1nn(-c2ccc(OC(F)(F)F)cc2C)cc1OCC. The molecule has 11 nitrogen and oxygen atoms in total. The van der Waals surface area contributed by atoms with Crippen molar-refractivity contribution in [1.82, 2.24) is 20.1 Å². The van der Waals surface area contributed by atoms with Gasteiger partial charge in [0.15, 0.2) is 22.9 Å². The van der Waals surface area contributed by atoms with E-state index in [0.717, 1.165) is 5.39 Å². The number of nitrogens with zero attached hydrogens (tertiary/aromatic N) is 4. The number of carbonyl (C=O) groups is 1. The molecule has 0 aliphatic carbocycles. The first-order valence-electron chi connectivity index (χ1n) is 13.8. The van der Waals surface area contributed by atoms with Gasteiger partial charge in [0, 0.05) is 30.3 Å². The van der Waals surface area contributed by atoms with Crippen LogP contribution in [0.4, 0.5) is 13.2 Å². The van der Waals surface area contributed by atoms with Gasteiger partial charge in [0.2, 0.25) is 0 Å². The maximum Gasteiger partial charge on any atom is 0.573 e. The number of benzene rings is 2. The van der Waals surface area contributed by atoms with Crippen LogP contribution in [0.3, 0.4) is 0 Å². The average Bonchev–Trinajstić information content (AvgIpc) is 3.42.